The van der Waals surface area contributed by atoms with Crippen molar-refractivity contribution in [2.45, 2.75) is 23.9 Å². The van der Waals surface area contributed by atoms with Gasteiger partial charge in [0, 0.05) is 24.3 Å². The number of hydrogen-bond donors (Lipinski definition) is 0. The van der Waals surface area contributed by atoms with Crippen LogP contribution in [-0.2, 0) is 9.47 Å². The minimum atomic E-state index is -1.86. The molecular formula is C20H21Cl3O4. The number of hydrogen-bond acceptors (Lipinski definition) is 4. The first-order chi connectivity index (χ1) is 12.8. The highest BCUT2D eigenvalue weighted by molar-refractivity contribution is 6.77. The predicted octanol–water partition coefficient (Wildman–Crippen LogP) is 5.51. The second-order valence-corrected chi connectivity index (χ2v) is 7.45. The second-order valence-electron chi connectivity index (χ2n) is 5.17. The Morgan fingerprint density at radius 3 is 1.59 bits per heavy atom. The summed E-state index contributed by atoms with van der Waals surface area (Å²) in [6.45, 7) is 4.60. The van der Waals surface area contributed by atoms with E-state index in [0.29, 0.717) is 24.3 Å². The van der Waals surface area contributed by atoms with Crippen molar-refractivity contribution in [3.8, 4) is 0 Å². The van der Waals surface area contributed by atoms with Crippen LogP contribution in [0.3, 0.4) is 0 Å². The fourth-order valence-electron chi connectivity index (χ4n) is 1.99. The number of rotatable bonds is 7. The van der Waals surface area contributed by atoms with Crippen LogP contribution in [0.15, 0.2) is 60.7 Å². The highest BCUT2D eigenvalue weighted by Crippen LogP contribution is 2.30. The van der Waals surface area contributed by atoms with Gasteiger partial charge in [-0.1, -0.05) is 95.5 Å². The maximum absolute atomic E-state index is 11.9. The van der Waals surface area contributed by atoms with E-state index in [1.54, 1.807) is 42.5 Å². The molecule has 0 fully saturated rings. The molecule has 0 aromatic heterocycles. The molecule has 2 aromatic carbocycles. The Labute approximate surface area is 174 Å². The van der Waals surface area contributed by atoms with Gasteiger partial charge in [-0.25, -0.2) is 0 Å². The Morgan fingerprint density at radius 2 is 1.22 bits per heavy atom. The molecule has 0 radical (unpaired) electrons. The number of carbonyl (C=O) groups excluding carboxylic acids is 2. The molecule has 0 saturated carbocycles. The Morgan fingerprint density at radius 1 is 0.815 bits per heavy atom. The summed E-state index contributed by atoms with van der Waals surface area (Å²) in [5.41, 5.74) is 1.02. The normalized spacial score (nSPS) is 10.9. The van der Waals surface area contributed by atoms with Gasteiger partial charge in [0.15, 0.2) is 0 Å². The third kappa shape index (κ3) is 8.41. The largest absolute Gasteiger partial charge is 0.346 e. The van der Waals surface area contributed by atoms with Crippen LogP contribution in [0, 0.1) is 0 Å². The number of ether oxygens (including phenoxy) is 2. The van der Waals surface area contributed by atoms with Gasteiger partial charge in [-0.3, -0.25) is 9.59 Å². The molecule has 0 N–H and O–H groups in total. The van der Waals surface area contributed by atoms with Crippen molar-refractivity contribution >= 4 is 46.4 Å². The number of benzene rings is 2. The van der Waals surface area contributed by atoms with Crippen molar-refractivity contribution in [3.63, 3.8) is 0 Å². The van der Waals surface area contributed by atoms with Crippen LogP contribution in [-0.4, -0.2) is 34.9 Å². The zero-order valence-electron chi connectivity index (χ0n) is 15.0. The minimum Gasteiger partial charge on any atom is -0.346 e. The highest BCUT2D eigenvalue weighted by atomic mass is 35.6. The van der Waals surface area contributed by atoms with Gasteiger partial charge in [-0.05, 0) is 13.8 Å². The molecule has 4 nitrogen and oxygen atoms in total. The summed E-state index contributed by atoms with van der Waals surface area (Å²) in [6, 6.07) is 17.4. The van der Waals surface area contributed by atoms with Gasteiger partial charge in [0.25, 0.3) is 3.79 Å². The van der Waals surface area contributed by atoms with Gasteiger partial charge in [-0.15, -0.1) is 0 Å². The van der Waals surface area contributed by atoms with E-state index >= 15 is 0 Å². The predicted molar refractivity (Wildman–Crippen MR) is 109 cm³/mol. The quantitative estimate of drug-likeness (QED) is 0.329. The maximum atomic E-state index is 11.9. The van der Waals surface area contributed by atoms with E-state index in [0.717, 1.165) is 0 Å². The molecule has 0 bridgehead atoms. The fraction of sp³-hybridized carbons (Fsp3) is 0.300. The first-order valence-corrected chi connectivity index (χ1v) is 9.43. The van der Waals surface area contributed by atoms with Crippen LogP contribution in [0.2, 0.25) is 0 Å². The Kier molecular flexibility index (Phi) is 10.6. The standard InChI is InChI=1S/C12H16O3.C8H5Cl3O/c1-3-14-12(15-4-2)11(13)10-8-6-5-7-9-10;9-8(10,11)7(12)6-4-2-1-3-5-6/h5-9,12H,3-4H2,1-2H3;1-5H. The van der Waals surface area contributed by atoms with Crippen molar-refractivity contribution in [1.29, 1.82) is 0 Å². The van der Waals surface area contributed by atoms with Crippen molar-refractivity contribution in [1.82, 2.24) is 0 Å². The first kappa shape index (κ1) is 23.6. The minimum absolute atomic E-state index is 0.126. The molecule has 0 saturated heterocycles. The van der Waals surface area contributed by atoms with E-state index in [9.17, 15) is 9.59 Å². The van der Waals surface area contributed by atoms with Gasteiger partial charge in [0.2, 0.25) is 17.9 Å². The van der Waals surface area contributed by atoms with Gasteiger partial charge >= 0.3 is 0 Å². The van der Waals surface area contributed by atoms with E-state index in [4.69, 9.17) is 44.3 Å². The highest BCUT2D eigenvalue weighted by Gasteiger charge is 2.31. The zero-order chi connectivity index (χ0) is 20.3. The summed E-state index contributed by atoms with van der Waals surface area (Å²) < 4.78 is 8.59. The van der Waals surface area contributed by atoms with Crippen molar-refractivity contribution < 1.29 is 19.1 Å². The Hall–Kier alpha value is -1.43. The molecule has 7 heteroatoms. The van der Waals surface area contributed by atoms with E-state index in [1.165, 1.54) is 0 Å². The summed E-state index contributed by atoms with van der Waals surface area (Å²) in [7, 11) is 0. The number of carbonyl (C=O) groups is 2. The molecule has 27 heavy (non-hydrogen) atoms. The molecule has 0 atom stereocenters. The third-order valence-corrected chi connectivity index (χ3v) is 3.72. The van der Waals surface area contributed by atoms with Gasteiger partial charge in [0.05, 0.1) is 0 Å². The molecule has 0 amide bonds. The topological polar surface area (TPSA) is 52.6 Å². The smallest absolute Gasteiger partial charge is 0.253 e. The molecule has 2 aromatic rings. The average molecular weight is 432 g/mol. The van der Waals surface area contributed by atoms with Crippen LogP contribution in [0.4, 0.5) is 0 Å². The molecule has 146 valence electrons. The lowest BCUT2D eigenvalue weighted by atomic mass is 10.1. The van der Waals surface area contributed by atoms with Gasteiger partial charge < -0.3 is 9.47 Å². The lowest BCUT2D eigenvalue weighted by molar-refractivity contribution is -0.107. The average Bonchev–Trinajstić information content (AvgIpc) is 2.68. The lowest BCUT2D eigenvalue weighted by Gasteiger charge is -2.15. The molecule has 0 unspecified atom stereocenters. The summed E-state index contributed by atoms with van der Waals surface area (Å²) >= 11 is 16.2. The van der Waals surface area contributed by atoms with Crippen molar-refractivity contribution in [2.24, 2.45) is 0 Å². The van der Waals surface area contributed by atoms with Crippen LogP contribution in [0.1, 0.15) is 34.6 Å². The molecule has 0 spiro atoms. The van der Waals surface area contributed by atoms with E-state index < -0.39 is 15.9 Å². The SMILES string of the molecule is CCOC(OCC)C(=O)c1ccccc1.O=C(c1ccccc1)C(Cl)(Cl)Cl. The van der Waals surface area contributed by atoms with E-state index in [-0.39, 0.29) is 5.78 Å². The summed E-state index contributed by atoms with van der Waals surface area (Å²) in [4.78, 5) is 23.1. The number of Topliss-reactive ketones (excluding diaryl/α,β-unsaturated/α-hetero) is 2. The molecule has 0 aliphatic rings. The zero-order valence-corrected chi connectivity index (χ0v) is 17.3. The van der Waals surface area contributed by atoms with Crippen molar-refractivity contribution in [3.05, 3.63) is 71.8 Å². The molecule has 2 rings (SSSR count). The van der Waals surface area contributed by atoms with Gasteiger partial charge in [0.1, 0.15) is 0 Å². The Bertz CT molecular complexity index is 694. The van der Waals surface area contributed by atoms with Crippen LogP contribution in [0.5, 0.6) is 0 Å². The van der Waals surface area contributed by atoms with E-state index in [1.807, 2.05) is 32.0 Å². The van der Waals surface area contributed by atoms with Crippen LogP contribution < -0.4 is 0 Å². The molecular weight excluding hydrogens is 411 g/mol. The van der Waals surface area contributed by atoms with Crippen LogP contribution in [0.25, 0.3) is 0 Å². The summed E-state index contributed by atoms with van der Waals surface area (Å²) in [5, 5.41) is 0. The number of alkyl halides is 3. The summed E-state index contributed by atoms with van der Waals surface area (Å²) in [6.07, 6.45) is -0.776. The first-order valence-electron chi connectivity index (χ1n) is 8.30. The van der Waals surface area contributed by atoms with Gasteiger partial charge in [-0.2, -0.15) is 0 Å². The van der Waals surface area contributed by atoms with Crippen LogP contribution >= 0.6 is 34.8 Å². The van der Waals surface area contributed by atoms with Crippen molar-refractivity contribution in [2.75, 3.05) is 13.2 Å². The Balaban J connectivity index is 0.000000277. The third-order valence-electron chi connectivity index (χ3n) is 3.20. The molecule has 0 heterocycles. The lowest BCUT2D eigenvalue weighted by Crippen LogP contribution is -2.27. The number of ketones is 2. The fourth-order valence-corrected chi connectivity index (χ4v) is 2.32. The monoisotopic (exact) mass is 430 g/mol. The molecule has 0 aliphatic carbocycles. The number of halogens is 3. The molecule has 0 aliphatic heterocycles. The van der Waals surface area contributed by atoms with E-state index in [2.05, 4.69) is 0 Å². The second kappa shape index (κ2) is 12.1. The summed E-state index contributed by atoms with van der Waals surface area (Å²) in [5.74, 6) is -0.632. The maximum Gasteiger partial charge on any atom is 0.253 e.